The molecule has 2 atom stereocenters. The Balaban J connectivity index is 1.77. The van der Waals surface area contributed by atoms with Crippen LogP contribution in [-0.4, -0.2) is 31.0 Å². The molecule has 0 saturated heterocycles. The molecule has 2 aromatic carbocycles. The van der Waals surface area contributed by atoms with Gasteiger partial charge in [-0.25, -0.2) is 0 Å². The number of anilines is 1. The minimum absolute atomic E-state index is 0.178. The maximum atomic E-state index is 13.4. The Bertz CT molecular complexity index is 922. The van der Waals surface area contributed by atoms with E-state index in [9.17, 15) is 18.0 Å². The van der Waals surface area contributed by atoms with Gasteiger partial charge in [0, 0.05) is 5.92 Å². The third kappa shape index (κ3) is 5.09. The van der Waals surface area contributed by atoms with Crippen LogP contribution in [0.3, 0.4) is 0 Å². The topological polar surface area (TPSA) is 41.9 Å². The van der Waals surface area contributed by atoms with Crippen molar-refractivity contribution in [1.82, 2.24) is 0 Å². The lowest BCUT2D eigenvalue weighted by atomic mass is 9.94. The molecule has 158 valence electrons. The normalized spacial score (nSPS) is 19.2. The molecule has 0 aromatic heterocycles. The Morgan fingerprint density at radius 3 is 2.40 bits per heavy atom. The number of benzene rings is 2. The van der Waals surface area contributed by atoms with E-state index in [1.165, 1.54) is 19.0 Å². The van der Waals surface area contributed by atoms with Gasteiger partial charge >= 0.3 is 12.1 Å². The molecule has 0 fully saturated rings. The van der Waals surface area contributed by atoms with E-state index in [4.69, 9.17) is 0 Å². The van der Waals surface area contributed by atoms with Gasteiger partial charge in [0.2, 0.25) is 0 Å². The summed E-state index contributed by atoms with van der Waals surface area (Å²) in [7, 11) is 1.22. The number of halogens is 3. The molecule has 1 aliphatic heterocycles. The molecule has 0 unspecified atom stereocenters. The average Bonchev–Trinajstić information content (AvgIpc) is 3.06. The molecule has 1 heterocycles. The van der Waals surface area contributed by atoms with E-state index >= 15 is 0 Å². The molecule has 0 spiro atoms. The molecule has 0 N–H and O–H groups in total. The lowest BCUT2D eigenvalue weighted by Gasteiger charge is -2.25. The number of carbonyl (C=O) groups excluding carboxylic acids is 1. The molecule has 7 heteroatoms. The molecule has 2 aromatic rings. The van der Waals surface area contributed by atoms with E-state index in [0.717, 1.165) is 11.1 Å². The summed E-state index contributed by atoms with van der Waals surface area (Å²) in [4.78, 5) is 11.7. The Morgan fingerprint density at radius 2 is 1.80 bits per heavy atom. The third-order valence-electron chi connectivity index (χ3n) is 5.10. The van der Waals surface area contributed by atoms with Crippen molar-refractivity contribution < 1.29 is 22.7 Å². The molecule has 1 aliphatic rings. The SMILES string of the molecule is COC(=O)C[C@H]1[C@H](C)C(C(F)(F)F)=NN1c1ccc(C/C=C/c2ccccc2)cc1. The van der Waals surface area contributed by atoms with E-state index in [0.29, 0.717) is 12.1 Å². The van der Waals surface area contributed by atoms with Crippen LogP contribution in [0, 0.1) is 5.92 Å². The maximum absolute atomic E-state index is 13.4. The molecule has 30 heavy (non-hydrogen) atoms. The van der Waals surface area contributed by atoms with Gasteiger partial charge in [0.1, 0.15) is 5.71 Å². The van der Waals surface area contributed by atoms with Crippen LogP contribution in [-0.2, 0) is 16.0 Å². The third-order valence-corrected chi connectivity index (χ3v) is 5.10. The number of methoxy groups -OCH3 is 1. The van der Waals surface area contributed by atoms with E-state index in [1.807, 2.05) is 54.6 Å². The zero-order valence-electron chi connectivity index (χ0n) is 16.8. The van der Waals surface area contributed by atoms with Crippen LogP contribution in [0.2, 0.25) is 0 Å². The quantitative estimate of drug-likeness (QED) is 0.604. The van der Waals surface area contributed by atoms with E-state index < -0.39 is 29.8 Å². The fourth-order valence-corrected chi connectivity index (χ4v) is 3.44. The van der Waals surface area contributed by atoms with Crippen LogP contribution in [0.4, 0.5) is 18.9 Å². The molecule has 0 amide bonds. The predicted octanol–water partition coefficient (Wildman–Crippen LogP) is 5.25. The van der Waals surface area contributed by atoms with Crippen molar-refractivity contribution in [3.05, 3.63) is 71.8 Å². The highest BCUT2D eigenvalue weighted by molar-refractivity contribution is 5.96. The van der Waals surface area contributed by atoms with Crippen molar-refractivity contribution in [2.24, 2.45) is 11.0 Å². The van der Waals surface area contributed by atoms with E-state index in [2.05, 4.69) is 9.84 Å². The predicted molar refractivity (Wildman–Crippen MR) is 111 cm³/mol. The van der Waals surface area contributed by atoms with Gasteiger partial charge in [0.25, 0.3) is 0 Å². The fraction of sp³-hybridized carbons (Fsp3) is 0.304. The van der Waals surface area contributed by atoms with Crippen LogP contribution in [0.5, 0.6) is 0 Å². The summed E-state index contributed by atoms with van der Waals surface area (Å²) >= 11 is 0. The van der Waals surface area contributed by atoms with Crippen molar-refractivity contribution in [3.63, 3.8) is 0 Å². The Morgan fingerprint density at radius 1 is 1.13 bits per heavy atom. The van der Waals surface area contributed by atoms with E-state index in [-0.39, 0.29) is 6.42 Å². The minimum atomic E-state index is -4.55. The van der Waals surface area contributed by atoms with E-state index in [1.54, 1.807) is 12.1 Å². The number of carbonyl (C=O) groups is 1. The lowest BCUT2D eigenvalue weighted by Crippen LogP contribution is -2.37. The smallest absolute Gasteiger partial charge is 0.431 e. The highest BCUT2D eigenvalue weighted by Gasteiger charge is 2.48. The first kappa shape index (κ1) is 21.6. The number of allylic oxidation sites excluding steroid dienone is 1. The summed E-state index contributed by atoms with van der Waals surface area (Å²) in [6, 6.07) is 16.3. The number of hydrazone groups is 1. The number of rotatable bonds is 6. The standard InChI is InChI=1S/C23H23F3N2O2/c1-16-20(15-21(29)30-2)28(27-22(16)23(24,25)26)19-13-11-18(12-14-19)10-6-9-17-7-4-3-5-8-17/h3-9,11-14,16,20H,10,15H2,1-2H3/b9-6+/t16-,20-/m0/s1. The first-order valence-electron chi connectivity index (χ1n) is 9.62. The second-order valence-electron chi connectivity index (χ2n) is 7.15. The summed E-state index contributed by atoms with van der Waals surface area (Å²) in [6.07, 6.45) is 0.00580. The van der Waals surface area contributed by atoms with Crippen molar-refractivity contribution in [2.75, 3.05) is 12.1 Å². The fourth-order valence-electron chi connectivity index (χ4n) is 3.44. The summed E-state index contributed by atoms with van der Waals surface area (Å²) in [5.41, 5.74) is 1.74. The van der Waals surface area contributed by atoms with Gasteiger partial charge in [-0.3, -0.25) is 9.80 Å². The number of hydrogen-bond acceptors (Lipinski definition) is 4. The van der Waals surface area contributed by atoms with Gasteiger partial charge in [-0.1, -0.05) is 61.5 Å². The number of ether oxygens (including phenoxy) is 1. The first-order valence-corrected chi connectivity index (χ1v) is 9.62. The molecule has 3 rings (SSSR count). The second-order valence-corrected chi connectivity index (χ2v) is 7.15. The van der Waals surface area contributed by atoms with Crippen LogP contribution >= 0.6 is 0 Å². The molecular weight excluding hydrogens is 393 g/mol. The molecular formula is C23H23F3N2O2. The highest BCUT2D eigenvalue weighted by Crippen LogP contribution is 2.36. The Hall–Kier alpha value is -3.09. The molecule has 4 nitrogen and oxygen atoms in total. The van der Waals surface area contributed by atoms with Crippen molar-refractivity contribution in [1.29, 1.82) is 0 Å². The van der Waals surface area contributed by atoms with Crippen molar-refractivity contribution in [3.8, 4) is 0 Å². The summed E-state index contributed by atoms with van der Waals surface area (Å²) in [5.74, 6) is -1.52. The van der Waals surface area contributed by atoms with Gasteiger partial charge < -0.3 is 4.74 Å². The average molecular weight is 416 g/mol. The van der Waals surface area contributed by atoms with Crippen molar-refractivity contribution >= 4 is 23.4 Å². The zero-order valence-corrected chi connectivity index (χ0v) is 16.8. The molecule has 0 aliphatic carbocycles. The number of alkyl halides is 3. The monoisotopic (exact) mass is 416 g/mol. The zero-order chi connectivity index (χ0) is 21.7. The van der Waals surface area contributed by atoms with Crippen LogP contribution < -0.4 is 5.01 Å². The summed E-state index contributed by atoms with van der Waals surface area (Å²) < 4.78 is 44.7. The number of esters is 1. The number of nitrogens with zero attached hydrogens (tertiary/aromatic N) is 2. The van der Waals surface area contributed by atoms with Crippen LogP contribution in [0.25, 0.3) is 6.08 Å². The van der Waals surface area contributed by atoms with Gasteiger partial charge in [-0.05, 0) is 29.7 Å². The van der Waals surface area contributed by atoms with Crippen molar-refractivity contribution in [2.45, 2.75) is 32.0 Å². The molecule has 0 saturated carbocycles. The lowest BCUT2D eigenvalue weighted by molar-refractivity contribution is -0.141. The van der Waals surface area contributed by atoms with Gasteiger partial charge in [-0.15, -0.1) is 0 Å². The Kier molecular flexibility index (Phi) is 6.59. The summed E-state index contributed by atoms with van der Waals surface area (Å²) in [6.45, 7) is 1.43. The number of hydrogen-bond donors (Lipinski definition) is 0. The second kappa shape index (κ2) is 9.15. The molecule has 0 bridgehead atoms. The molecule has 0 radical (unpaired) electrons. The van der Waals surface area contributed by atoms with Gasteiger partial charge in [0.15, 0.2) is 0 Å². The van der Waals surface area contributed by atoms with Crippen LogP contribution in [0.15, 0.2) is 65.8 Å². The van der Waals surface area contributed by atoms with Crippen LogP contribution in [0.1, 0.15) is 24.5 Å². The maximum Gasteiger partial charge on any atom is 0.431 e. The van der Waals surface area contributed by atoms with Gasteiger partial charge in [-0.2, -0.15) is 18.3 Å². The summed E-state index contributed by atoms with van der Waals surface area (Å²) in [5, 5.41) is 5.10. The Labute approximate surface area is 173 Å². The highest BCUT2D eigenvalue weighted by atomic mass is 19.4. The minimum Gasteiger partial charge on any atom is -0.469 e. The largest absolute Gasteiger partial charge is 0.469 e. The van der Waals surface area contributed by atoms with Gasteiger partial charge in [0.05, 0.1) is 25.3 Å². The first-order chi connectivity index (χ1) is 14.3.